The molecule has 0 fully saturated rings. The maximum Gasteiger partial charge on any atom is 0.255 e. The summed E-state index contributed by atoms with van der Waals surface area (Å²) in [7, 11) is 0. The van der Waals surface area contributed by atoms with Crippen LogP contribution in [0, 0.1) is 13.8 Å². The minimum Gasteiger partial charge on any atom is -0.322 e. The number of carbonyl (C=O) groups excluding carboxylic acids is 1. The molecule has 1 N–H and O–H groups in total. The van der Waals surface area contributed by atoms with Gasteiger partial charge in [-0.15, -0.1) is 11.8 Å². The number of hydrogen-bond donors (Lipinski definition) is 1. The molecule has 19 heavy (non-hydrogen) atoms. The Kier molecular flexibility index (Phi) is 4.27. The van der Waals surface area contributed by atoms with Crippen molar-refractivity contribution in [2.45, 2.75) is 18.7 Å². The fraction of sp³-hybridized carbons (Fsp3) is 0.188. The van der Waals surface area contributed by atoms with E-state index < -0.39 is 0 Å². The molecule has 98 valence electrons. The first-order valence-corrected chi connectivity index (χ1v) is 7.36. The molecule has 0 bridgehead atoms. The lowest BCUT2D eigenvalue weighted by molar-refractivity contribution is 0.102. The Labute approximate surface area is 118 Å². The van der Waals surface area contributed by atoms with Crippen LogP contribution in [0.5, 0.6) is 0 Å². The summed E-state index contributed by atoms with van der Waals surface area (Å²) in [4.78, 5) is 13.4. The smallest absolute Gasteiger partial charge is 0.255 e. The summed E-state index contributed by atoms with van der Waals surface area (Å²) in [6, 6.07) is 13.7. The topological polar surface area (TPSA) is 29.1 Å². The SMILES string of the molecule is CSc1ccc(C)c(C(=O)Nc2ccccc2C)c1. The third kappa shape index (κ3) is 3.18. The molecule has 2 aromatic carbocycles. The Morgan fingerprint density at radius 3 is 2.47 bits per heavy atom. The van der Waals surface area contributed by atoms with Gasteiger partial charge in [-0.2, -0.15) is 0 Å². The third-order valence-corrected chi connectivity index (χ3v) is 3.81. The van der Waals surface area contributed by atoms with Crippen LogP contribution >= 0.6 is 11.8 Å². The van der Waals surface area contributed by atoms with Crippen molar-refractivity contribution in [2.24, 2.45) is 0 Å². The number of anilines is 1. The predicted molar refractivity (Wildman–Crippen MR) is 82.1 cm³/mol. The Morgan fingerprint density at radius 2 is 1.79 bits per heavy atom. The van der Waals surface area contributed by atoms with Gasteiger partial charge in [0.2, 0.25) is 0 Å². The lowest BCUT2D eigenvalue weighted by Gasteiger charge is -2.10. The van der Waals surface area contributed by atoms with Gasteiger partial charge in [-0.1, -0.05) is 24.3 Å². The third-order valence-electron chi connectivity index (χ3n) is 3.08. The van der Waals surface area contributed by atoms with Crippen molar-refractivity contribution in [3.05, 3.63) is 59.2 Å². The van der Waals surface area contributed by atoms with Gasteiger partial charge in [-0.3, -0.25) is 4.79 Å². The van der Waals surface area contributed by atoms with E-state index in [1.165, 1.54) is 0 Å². The monoisotopic (exact) mass is 271 g/mol. The van der Waals surface area contributed by atoms with E-state index in [1.807, 2.05) is 62.6 Å². The largest absolute Gasteiger partial charge is 0.322 e. The average Bonchev–Trinajstić information content (AvgIpc) is 2.42. The maximum absolute atomic E-state index is 12.3. The van der Waals surface area contributed by atoms with Gasteiger partial charge in [-0.25, -0.2) is 0 Å². The molecule has 0 radical (unpaired) electrons. The molecule has 0 atom stereocenters. The van der Waals surface area contributed by atoms with Crippen LogP contribution in [0.1, 0.15) is 21.5 Å². The van der Waals surface area contributed by atoms with E-state index in [2.05, 4.69) is 5.32 Å². The Balaban J connectivity index is 2.28. The molecule has 0 aromatic heterocycles. The summed E-state index contributed by atoms with van der Waals surface area (Å²) < 4.78 is 0. The second-order valence-electron chi connectivity index (χ2n) is 4.45. The first kappa shape index (κ1) is 13.7. The standard InChI is InChI=1S/C16H17NOS/c1-11-8-9-13(19-3)10-14(11)16(18)17-15-7-5-4-6-12(15)2/h4-10H,1-3H3,(H,17,18). The van der Waals surface area contributed by atoms with Crippen LogP contribution < -0.4 is 5.32 Å². The van der Waals surface area contributed by atoms with Gasteiger partial charge < -0.3 is 5.32 Å². The second kappa shape index (κ2) is 5.93. The van der Waals surface area contributed by atoms with E-state index in [-0.39, 0.29) is 5.91 Å². The molecule has 0 aliphatic heterocycles. The van der Waals surface area contributed by atoms with E-state index in [0.717, 1.165) is 27.3 Å². The number of rotatable bonds is 3. The fourth-order valence-electron chi connectivity index (χ4n) is 1.88. The molecule has 1 amide bonds. The number of nitrogens with one attached hydrogen (secondary N) is 1. The van der Waals surface area contributed by atoms with Gasteiger partial charge in [0.1, 0.15) is 0 Å². The number of aryl methyl sites for hydroxylation is 2. The molecule has 2 aromatic rings. The predicted octanol–water partition coefficient (Wildman–Crippen LogP) is 4.28. The molecule has 3 heteroatoms. The Hall–Kier alpha value is -1.74. The minimum atomic E-state index is -0.0531. The maximum atomic E-state index is 12.3. The highest BCUT2D eigenvalue weighted by Crippen LogP contribution is 2.21. The molecule has 0 unspecified atom stereocenters. The van der Waals surface area contributed by atoms with Crippen molar-refractivity contribution in [1.29, 1.82) is 0 Å². The zero-order valence-electron chi connectivity index (χ0n) is 11.4. The highest BCUT2D eigenvalue weighted by molar-refractivity contribution is 7.98. The van der Waals surface area contributed by atoms with Crippen LogP contribution in [-0.4, -0.2) is 12.2 Å². The van der Waals surface area contributed by atoms with E-state index in [9.17, 15) is 4.79 Å². The van der Waals surface area contributed by atoms with Crippen molar-refractivity contribution >= 4 is 23.4 Å². The molecular weight excluding hydrogens is 254 g/mol. The van der Waals surface area contributed by atoms with E-state index in [1.54, 1.807) is 11.8 Å². The van der Waals surface area contributed by atoms with Gasteiger partial charge in [0.25, 0.3) is 5.91 Å². The number of benzene rings is 2. The summed E-state index contributed by atoms with van der Waals surface area (Å²) in [5.41, 5.74) is 3.65. The Bertz CT molecular complexity index is 607. The van der Waals surface area contributed by atoms with Gasteiger partial charge in [0.15, 0.2) is 0 Å². The van der Waals surface area contributed by atoms with E-state index in [0.29, 0.717) is 0 Å². The highest BCUT2D eigenvalue weighted by Gasteiger charge is 2.11. The highest BCUT2D eigenvalue weighted by atomic mass is 32.2. The summed E-state index contributed by atoms with van der Waals surface area (Å²) in [5.74, 6) is -0.0531. The molecule has 2 nitrogen and oxygen atoms in total. The quantitative estimate of drug-likeness (QED) is 0.844. The van der Waals surface area contributed by atoms with E-state index >= 15 is 0 Å². The minimum absolute atomic E-state index is 0.0531. The zero-order chi connectivity index (χ0) is 13.8. The molecule has 0 saturated heterocycles. The van der Waals surface area contributed by atoms with Gasteiger partial charge in [0, 0.05) is 16.1 Å². The van der Waals surface area contributed by atoms with Crippen LogP contribution in [0.25, 0.3) is 0 Å². The lowest BCUT2D eigenvalue weighted by Crippen LogP contribution is -2.14. The molecule has 2 rings (SSSR count). The van der Waals surface area contributed by atoms with Gasteiger partial charge in [-0.05, 0) is 49.4 Å². The summed E-state index contributed by atoms with van der Waals surface area (Å²) in [6.45, 7) is 3.94. The number of carbonyl (C=O) groups is 1. The van der Waals surface area contributed by atoms with E-state index in [4.69, 9.17) is 0 Å². The van der Waals surface area contributed by atoms with Crippen LogP contribution in [0.4, 0.5) is 5.69 Å². The van der Waals surface area contributed by atoms with Gasteiger partial charge in [0.05, 0.1) is 0 Å². The van der Waals surface area contributed by atoms with Crippen LogP contribution in [0.15, 0.2) is 47.4 Å². The molecule has 0 heterocycles. The van der Waals surface area contributed by atoms with Crippen molar-refractivity contribution in [3.8, 4) is 0 Å². The van der Waals surface area contributed by atoms with Crippen molar-refractivity contribution in [1.82, 2.24) is 0 Å². The first-order valence-electron chi connectivity index (χ1n) is 6.13. The van der Waals surface area contributed by atoms with Crippen LogP contribution in [0.3, 0.4) is 0 Å². The van der Waals surface area contributed by atoms with Crippen molar-refractivity contribution < 1.29 is 4.79 Å². The number of thioether (sulfide) groups is 1. The number of hydrogen-bond acceptors (Lipinski definition) is 2. The molecule has 0 spiro atoms. The van der Waals surface area contributed by atoms with Crippen LogP contribution in [0.2, 0.25) is 0 Å². The second-order valence-corrected chi connectivity index (χ2v) is 5.33. The lowest BCUT2D eigenvalue weighted by atomic mass is 10.1. The summed E-state index contributed by atoms with van der Waals surface area (Å²) >= 11 is 1.64. The molecular formula is C16H17NOS. The Morgan fingerprint density at radius 1 is 1.05 bits per heavy atom. The summed E-state index contributed by atoms with van der Waals surface area (Å²) in [5, 5.41) is 2.97. The fourth-order valence-corrected chi connectivity index (χ4v) is 2.32. The molecule has 0 aliphatic rings. The first-order chi connectivity index (χ1) is 9.11. The van der Waals surface area contributed by atoms with Crippen LogP contribution in [-0.2, 0) is 0 Å². The summed E-state index contributed by atoms with van der Waals surface area (Å²) in [6.07, 6.45) is 2.01. The average molecular weight is 271 g/mol. The zero-order valence-corrected chi connectivity index (χ0v) is 12.2. The molecule has 0 aliphatic carbocycles. The normalized spacial score (nSPS) is 10.3. The molecule has 0 saturated carbocycles. The van der Waals surface area contributed by atoms with Gasteiger partial charge >= 0.3 is 0 Å². The number of amides is 1. The number of para-hydroxylation sites is 1. The van der Waals surface area contributed by atoms with Crippen molar-refractivity contribution in [3.63, 3.8) is 0 Å². The van der Waals surface area contributed by atoms with Crippen molar-refractivity contribution in [2.75, 3.05) is 11.6 Å².